The van der Waals surface area contributed by atoms with Gasteiger partial charge in [0.15, 0.2) is 0 Å². The Morgan fingerprint density at radius 1 is 0.214 bits per heavy atom. The van der Waals surface area contributed by atoms with E-state index < -0.39 is 0 Å². The van der Waals surface area contributed by atoms with Crippen LogP contribution < -0.4 is 149 Å². The van der Waals surface area contributed by atoms with Crippen molar-refractivity contribution >= 4 is 0 Å². The molecule has 108 valence electrons. The fraction of sp³-hybridized carbons (Fsp3) is 0. The molecule has 0 bridgehead atoms. The fourth-order valence-electron chi connectivity index (χ4n) is 0. The molecule has 0 fully saturated rings. The summed E-state index contributed by atoms with van der Waals surface area (Å²) in [5.74, 6) is 0. The van der Waals surface area contributed by atoms with Gasteiger partial charge in [-0.25, -0.2) is 0 Å². The first-order valence-corrected chi connectivity index (χ1v) is 0. The first-order chi connectivity index (χ1) is 0. The van der Waals surface area contributed by atoms with Crippen LogP contribution in [-0.2, 0) is 42.1 Å². The van der Waals surface area contributed by atoms with Gasteiger partial charge in [0.1, 0.15) is 0 Å². The van der Waals surface area contributed by atoms with Gasteiger partial charge in [-0.15, -0.1) is 0 Å². The molecule has 0 atom stereocenters. The molecule has 0 aromatic heterocycles. The molecule has 0 rings (SSSR count). The van der Waals surface area contributed by atoms with Gasteiger partial charge >= 0.3 is 0 Å². The van der Waals surface area contributed by atoms with Crippen molar-refractivity contribution in [1.29, 1.82) is 0 Å². The Kier molecular flexibility index (Phi) is 3920. The van der Waals surface area contributed by atoms with Crippen LogP contribution in [0.3, 0.4) is 0 Å². The van der Waals surface area contributed by atoms with E-state index in [0.717, 1.165) is 0 Å². The van der Waals surface area contributed by atoms with Gasteiger partial charge < -0.3 is 149 Å². The summed E-state index contributed by atoms with van der Waals surface area (Å²) in [7, 11) is 0. The van der Waals surface area contributed by atoms with E-state index in [1.165, 1.54) is 0 Å². The van der Waals surface area contributed by atoms with E-state index in [-0.39, 0.29) is 191 Å². The van der Waals surface area contributed by atoms with Crippen LogP contribution in [0.1, 0.15) is 0 Å². The molecule has 0 aliphatic rings. The van der Waals surface area contributed by atoms with Crippen molar-refractivity contribution in [1.82, 2.24) is 0 Å². The average Bonchev–Trinajstić information content (AvgIpc) is 0. The third-order valence-corrected chi connectivity index (χ3v) is 0. The second kappa shape index (κ2) is 215. The molecule has 0 aromatic carbocycles. The largest absolute Gasteiger partial charge is 1.00 e. The first-order valence-electron chi connectivity index (χ1n) is 0. The smallest absolute Gasteiger partial charge is 0 e. The maximum Gasteiger partial charge on any atom is 0 e. The quantitative estimate of drug-likeness (QED) is 0.220. The standard InChI is InChI=1S/12ClH.Mo.W/h12*1H;;/p-12. The van der Waals surface area contributed by atoms with Crippen LogP contribution in [-0.4, -0.2) is 0 Å². The van der Waals surface area contributed by atoms with Crippen molar-refractivity contribution in [2.45, 2.75) is 0 Å². The molecular weight excluding hydrogens is 705 g/mol. The van der Waals surface area contributed by atoms with E-state index in [1.54, 1.807) is 0 Å². The summed E-state index contributed by atoms with van der Waals surface area (Å²) < 4.78 is 0. The summed E-state index contributed by atoms with van der Waals surface area (Å²) in [6.45, 7) is 0. The minimum Gasteiger partial charge on any atom is -1.00 e. The van der Waals surface area contributed by atoms with Gasteiger partial charge in [-0.3, -0.25) is 0 Å². The maximum absolute atomic E-state index is 0. The summed E-state index contributed by atoms with van der Waals surface area (Å²) >= 11 is 0. The van der Waals surface area contributed by atoms with Crippen molar-refractivity contribution in [3.8, 4) is 0 Å². The molecule has 0 spiro atoms. The molecule has 0 aliphatic carbocycles. The molecule has 0 nitrogen and oxygen atoms in total. The molecular formula is Cl12MoW-12. The van der Waals surface area contributed by atoms with E-state index in [2.05, 4.69) is 0 Å². The Morgan fingerprint density at radius 2 is 0.214 bits per heavy atom. The van der Waals surface area contributed by atoms with Crippen LogP contribution in [0.15, 0.2) is 0 Å². The SMILES string of the molecule is [Cl-].[Cl-].[Cl-].[Cl-].[Cl-].[Cl-].[Cl-].[Cl-].[Cl-].[Cl-].[Cl-].[Cl-].[Mo].[W]. The molecule has 0 radical (unpaired) electrons. The summed E-state index contributed by atoms with van der Waals surface area (Å²) in [5, 5.41) is 0. The van der Waals surface area contributed by atoms with Gasteiger partial charge in [-0.2, -0.15) is 0 Å². The van der Waals surface area contributed by atoms with Crippen LogP contribution in [0.5, 0.6) is 0 Å². The van der Waals surface area contributed by atoms with Crippen molar-refractivity contribution in [2.75, 3.05) is 0 Å². The van der Waals surface area contributed by atoms with Gasteiger partial charge in [0.2, 0.25) is 0 Å². The zero-order valence-electron chi connectivity index (χ0n) is 5.35. The number of hydrogen-bond donors (Lipinski definition) is 0. The van der Waals surface area contributed by atoms with Gasteiger partial charge in [0, 0.05) is 42.1 Å². The van der Waals surface area contributed by atoms with Crippen LogP contribution in [0.2, 0.25) is 0 Å². The minimum atomic E-state index is 0. The van der Waals surface area contributed by atoms with Gasteiger partial charge in [-0.05, 0) is 0 Å². The molecule has 0 aliphatic heterocycles. The van der Waals surface area contributed by atoms with E-state index in [1.807, 2.05) is 0 Å². The summed E-state index contributed by atoms with van der Waals surface area (Å²) in [5.41, 5.74) is 0. The summed E-state index contributed by atoms with van der Waals surface area (Å²) in [6, 6.07) is 0. The normalized spacial score (nSPS) is 0. The Balaban J connectivity index is 0. The fourth-order valence-corrected chi connectivity index (χ4v) is 0. The maximum atomic E-state index is 0. The first kappa shape index (κ1) is 255. The molecule has 14 heteroatoms. The molecule has 14 heavy (non-hydrogen) atoms. The van der Waals surface area contributed by atoms with E-state index in [0.29, 0.717) is 0 Å². The second-order valence-corrected chi connectivity index (χ2v) is 0. The van der Waals surface area contributed by atoms with Crippen molar-refractivity contribution in [3.63, 3.8) is 0 Å². The number of hydrogen-bond acceptors (Lipinski definition) is 0. The van der Waals surface area contributed by atoms with Crippen LogP contribution in [0, 0.1) is 0 Å². The van der Waals surface area contributed by atoms with Gasteiger partial charge in [0.25, 0.3) is 0 Å². The predicted molar refractivity (Wildman–Crippen MR) is 0 cm³/mol. The summed E-state index contributed by atoms with van der Waals surface area (Å²) in [4.78, 5) is 0. The van der Waals surface area contributed by atoms with Gasteiger partial charge in [-0.1, -0.05) is 0 Å². The zero-order chi connectivity index (χ0) is 0. The Labute approximate surface area is 188 Å². The topological polar surface area (TPSA) is 0 Å². The monoisotopic (exact) mass is 701 g/mol. The van der Waals surface area contributed by atoms with Crippen LogP contribution in [0.4, 0.5) is 0 Å². The van der Waals surface area contributed by atoms with E-state index >= 15 is 0 Å². The van der Waals surface area contributed by atoms with Gasteiger partial charge in [0.05, 0.1) is 0 Å². The third-order valence-electron chi connectivity index (χ3n) is 0. The average molecular weight is 705 g/mol. The molecule has 0 amide bonds. The Morgan fingerprint density at radius 3 is 0.214 bits per heavy atom. The van der Waals surface area contributed by atoms with Crippen molar-refractivity contribution < 1.29 is 191 Å². The molecule has 0 saturated carbocycles. The molecule has 0 N–H and O–H groups in total. The van der Waals surface area contributed by atoms with Crippen molar-refractivity contribution in [3.05, 3.63) is 0 Å². The van der Waals surface area contributed by atoms with E-state index in [4.69, 9.17) is 0 Å². The molecule has 0 saturated heterocycles. The number of rotatable bonds is 0. The number of halogens is 12. The Hall–Kier alpha value is 4.86. The summed E-state index contributed by atoms with van der Waals surface area (Å²) in [6.07, 6.45) is 0. The van der Waals surface area contributed by atoms with Crippen LogP contribution in [0.25, 0.3) is 0 Å². The second-order valence-electron chi connectivity index (χ2n) is 0. The third kappa shape index (κ3) is 180. The van der Waals surface area contributed by atoms with Crippen molar-refractivity contribution in [2.24, 2.45) is 0 Å². The molecule has 0 heterocycles. The van der Waals surface area contributed by atoms with Crippen LogP contribution >= 0.6 is 0 Å². The zero-order valence-corrected chi connectivity index (χ0v) is 19.4. The Bertz CT molecular complexity index is 10.3. The molecule has 0 unspecified atom stereocenters. The minimum absolute atomic E-state index is 0. The van der Waals surface area contributed by atoms with E-state index in [9.17, 15) is 0 Å². The predicted octanol–water partition coefficient (Wildman–Crippen LogP) is -36.0. The molecule has 0 aromatic rings.